The molecular formula is C23H32N2O5S. The van der Waals surface area contributed by atoms with Gasteiger partial charge in [-0.25, -0.2) is 0 Å². The van der Waals surface area contributed by atoms with E-state index in [0.29, 0.717) is 13.0 Å². The highest BCUT2D eigenvalue weighted by Crippen LogP contribution is 2.50. The van der Waals surface area contributed by atoms with Gasteiger partial charge in [0.15, 0.2) is 0 Å². The third kappa shape index (κ3) is 4.86. The molecule has 4 rings (SSSR count). The SMILES string of the molecule is COc1ccc(C[C@@H]2CC[C@@H](CCC(=O)N[C@@H]3CN4[C@@H]3SC(C)(C)[C@@H]4C(=O)O)O2)cc1. The molecule has 0 bridgehead atoms. The zero-order valence-electron chi connectivity index (χ0n) is 18.4. The molecule has 5 atom stereocenters. The average Bonchev–Trinajstić information content (AvgIpc) is 3.25. The Kier molecular flexibility index (Phi) is 6.51. The van der Waals surface area contributed by atoms with Crippen LogP contribution in [-0.4, -0.2) is 69.9 Å². The van der Waals surface area contributed by atoms with Crippen LogP contribution in [0.1, 0.15) is 45.1 Å². The lowest BCUT2D eigenvalue weighted by molar-refractivity contribution is -0.146. The summed E-state index contributed by atoms with van der Waals surface area (Å²) in [6.45, 7) is 4.54. The number of rotatable bonds is 8. The first-order chi connectivity index (χ1) is 14.8. The van der Waals surface area contributed by atoms with E-state index in [1.165, 1.54) is 5.56 Å². The number of carboxylic acids is 1. The fraction of sp³-hybridized carbons (Fsp3) is 0.652. The van der Waals surface area contributed by atoms with Gasteiger partial charge in [0.2, 0.25) is 5.91 Å². The molecule has 0 radical (unpaired) electrons. The van der Waals surface area contributed by atoms with Gasteiger partial charge in [-0.15, -0.1) is 11.8 Å². The highest BCUT2D eigenvalue weighted by Gasteiger charge is 2.59. The second kappa shape index (κ2) is 9.00. The molecule has 0 saturated carbocycles. The molecular weight excluding hydrogens is 416 g/mol. The van der Waals surface area contributed by atoms with Gasteiger partial charge >= 0.3 is 5.97 Å². The molecule has 0 spiro atoms. The second-order valence-electron chi connectivity index (χ2n) is 9.27. The Morgan fingerprint density at radius 3 is 2.65 bits per heavy atom. The number of thioether (sulfide) groups is 1. The third-order valence-electron chi connectivity index (χ3n) is 6.58. The van der Waals surface area contributed by atoms with Crippen LogP contribution in [0.2, 0.25) is 0 Å². The third-order valence-corrected chi connectivity index (χ3v) is 8.26. The minimum absolute atomic E-state index is 0.0217. The number of ether oxygens (including phenoxy) is 2. The molecule has 0 unspecified atom stereocenters. The Bertz CT molecular complexity index is 815. The summed E-state index contributed by atoms with van der Waals surface area (Å²) >= 11 is 1.65. The quantitative estimate of drug-likeness (QED) is 0.632. The van der Waals surface area contributed by atoms with Crippen molar-refractivity contribution in [2.24, 2.45) is 0 Å². The number of hydrogen-bond acceptors (Lipinski definition) is 6. The van der Waals surface area contributed by atoms with Gasteiger partial charge in [0.25, 0.3) is 0 Å². The molecule has 3 fully saturated rings. The van der Waals surface area contributed by atoms with Crippen LogP contribution in [0.3, 0.4) is 0 Å². The van der Waals surface area contributed by atoms with Crippen molar-refractivity contribution in [3.63, 3.8) is 0 Å². The van der Waals surface area contributed by atoms with Gasteiger partial charge in [0.1, 0.15) is 11.8 Å². The maximum atomic E-state index is 12.5. The van der Waals surface area contributed by atoms with Crippen molar-refractivity contribution in [2.75, 3.05) is 13.7 Å². The maximum absolute atomic E-state index is 12.5. The molecule has 8 heteroatoms. The minimum Gasteiger partial charge on any atom is -0.497 e. The standard InChI is InChI=1S/C23H32N2O5S/c1-23(2)20(22(27)28)25-13-18(21(25)31-23)24-19(26)11-10-16-8-9-17(30-16)12-14-4-6-15(29-3)7-5-14/h4-7,16-18,20-21H,8-13H2,1-3H3,(H,24,26)(H,27,28)/t16-,17-,18+,20-,21+/m0/s1. The number of amides is 1. The van der Waals surface area contributed by atoms with E-state index in [1.807, 2.05) is 30.9 Å². The Morgan fingerprint density at radius 1 is 1.26 bits per heavy atom. The van der Waals surface area contributed by atoms with Crippen molar-refractivity contribution in [3.05, 3.63) is 29.8 Å². The van der Waals surface area contributed by atoms with Crippen LogP contribution >= 0.6 is 11.8 Å². The van der Waals surface area contributed by atoms with Gasteiger partial charge in [-0.05, 0) is 57.2 Å². The molecule has 0 aromatic heterocycles. The van der Waals surface area contributed by atoms with E-state index in [0.717, 1.165) is 31.4 Å². The van der Waals surface area contributed by atoms with Gasteiger partial charge in [0.05, 0.1) is 30.7 Å². The minimum atomic E-state index is -0.785. The molecule has 3 aliphatic rings. The summed E-state index contributed by atoms with van der Waals surface area (Å²) in [5, 5.41) is 12.7. The summed E-state index contributed by atoms with van der Waals surface area (Å²) in [6, 6.07) is 7.61. The molecule has 3 heterocycles. The Morgan fingerprint density at radius 2 is 1.97 bits per heavy atom. The molecule has 31 heavy (non-hydrogen) atoms. The van der Waals surface area contributed by atoms with Gasteiger partial charge < -0.3 is 19.9 Å². The number of aliphatic carboxylic acids is 1. The molecule has 3 saturated heterocycles. The number of carbonyl (C=O) groups is 2. The number of nitrogens with zero attached hydrogens (tertiary/aromatic N) is 1. The van der Waals surface area contributed by atoms with Crippen molar-refractivity contribution >= 4 is 23.6 Å². The predicted molar refractivity (Wildman–Crippen MR) is 119 cm³/mol. The first kappa shape index (κ1) is 22.4. The zero-order chi connectivity index (χ0) is 22.2. The predicted octanol–water partition coefficient (Wildman–Crippen LogP) is 2.67. The number of benzene rings is 1. The zero-order valence-corrected chi connectivity index (χ0v) is 19.2. The van der Waals surface area contributed by atoms with Gasteiger partial charge in [0, 0.05) is 17.7 Å². The monoisotopic (exact) mass is 448 g/mol. The van der Waals surface area contributed by atoms with Crippen LogP contribution in [0.5, 0.6) is 5.75 Å². The van der Waals surface area contributed by atoms with E-state index in [2.05, 4.69) is 17.4 Å². The molecule has 0 aliphatic carbocycles. The molecule has 1 amide bonds. The van der Waals surface area contributed by atoms with Crippen LogP contribution in [-0.2, 0) is 20.7 Å². The highest BCUT2D eigenvalue weighted by atomic mass is 32.2. The number of hydrogen-bond donors (Lipinski definition) is 2. The largest absolute Gasteiger partial charge is 0.497 e. The Hall–Kier alpha value is -1.77. The lowest BCUT2D eigenvalue weighted by Gasteiger charge is -2.44. The average molecular weight is 449 g/mol. The normalized spacial score (nSPS) is 31.6. The summed E-state index contributed by atoms with van der Waals surface area (Å²) in [5.41, 5.74) is 1.23. The van der Waals surface area contributed by atoms with Crippen LogP contribution in [0.25, 0.3) is 0 Å². The van der Waals surface area contributed by atoms with Crippen LogP contribution in [0.15, 0.2) is 24.3 Å². The fourth-order valence-electron chi connectivity index (χ4n) is 4.99. The van der Waals surface area contributed by atoms with E-state index in [1.54, 1.807) is 18.9 Å². The van der Waals surface area contributed by atoms with Crippen LogP contribution < -0.4 is 10.1 Å². The first-order valence-electron chi connectivity index (χ1n) is 11.0. The summed E-state index contributed by atoms with van der Waals surface area (Å²) in [6.07, 6.45) is 4.37. The van der Waals surface area contributed by atoms with Gasteiger partial charge in [-0.3, -0.25) is 14.5 Å². The summed E-state index contributed by atoms with van der Waals surface area (Å²) in [5.74, 6) is 0.101. The lowest BCUT2D eigenvalue weighted by Crippen LogP contribution is -2.66. The van der Waals surface area contributed by atoms with E-state index in [4.69, 9.17) is 9.47 Å². The summed E-state index contributed by atoms with van der Waals surface area (Å²) in [4.78, 5) is 26.1. The summed E-state index contributed by atoms with van der Waals surface area (Å²) in [7, 11) is 1.66. The molecule has 1 aromatic carbocycles. The van der Waals surface area contributed by atoms with Gasteiger partial charge in [-0.1, -0.05) is 12.1 Å². The number of carboxylic acid groups (broad SMARTS) is 1. The lowest BCUT2D eigenvalue weighted by atomic mass is 9.96. The van der Waals surface area contributed by atoms with Crippen molar-refractivity contribution in [1.29, 1.82) is 0 Å². The smallest absolute Gasteiger partial charge is 0.322 e. The Labute approximate surface area is 187 Å². The van der Waals surface area contributed by atoms with Crippen molar-refractivity contribution in [1.82, 2.24) is 10.2 Å². The first-order valence-corrected chi connectivity index (χ1v) is 11.9. The highest BCUT2D eigenvalue weighted by molar-refractivity contribution is 8.01. The van der Waals surface area contributed by atoms with Crippen molar-refractivity contribution in [2.45, 2.75) is 80.4 Å². The Balaban J connectivity index is 1.18. The molecule has 7 nitrogen and oxygen atoms in total. The maximum Gasteiger partial charge on any atom is 0.322 e. The molecule has 1 aromatic rings. The van der Waals surface area contributed by atoms with E-state index < -0.39 is 12.0 Å². The van der Waals surface area contributed by atoms with Crippen molar-refractivity contribution < 1.29 is 24.2 Å². The summed E-state index contributed by atoms with van der Waals surface area (Å²) < 4.78 is 11.0. The van der Waals surface area contributed by atoms with Gasteiger partial charge in [-0.2, -0.15) is 0 Å². The number of methoxy groups -OCH3 is 1. The van der Waals surface area contributed by atoms with E-state index in [-0.39, 0.29) is 34.3 Å². The topological polar surface area (TPSA) is 88.1 Å². The number of carbonyl (C=O) groups excluding carboxylic acids is 1. The van der Waals surface area contributed by atoms with E-state index >= 15 is 0 Å². The van der Waals surface area contributed by atoms with Crippen LogP contribution in [0, 0.1) is 0 Å². The van der Waals surface area contributed by atoms with Crippen molar-refractivity contribution in [3.8, 4) is 5.75 Å². The molecule has 3 aliphatic heterocycles. The second-order valence-corrected chi connectivity index (χ2v) is 11.0. The fourth-order valence-corrected chi connectivity index (χ4v) is 6.63. The molecule has 2 N–H and O–H groups in total. The van der Waals surface area contributed by atoms with E-state index in [9.17, 15) is 14.7 Å². The number of nitrogens with one attached hydrogen (secondary N) is 1. The molecule has 170 valence electrons. The number of fused-ring (bicyclic) bond motifs is 1. The van der Waals surface area contributed by atoms with Crippen LogP contribution in [0.4, 0.5) is 0 Å².